The molecule has 0 radical (unpaired) electrons. The number of carbonyl (C=O) groups is 2. The highest BCUT2D eigenvalue weighted by atomic mass is 16.1. The van der Waals surface area contributed by atoms with Crippen LogP contribution in [0.5, 0.6) is 0 Å². The first-order chi connectivity index (χ1) is 27.6. The van der Waals surface area contributed by atoms with Gasteiger partial charge in [-0.05, 0) is 105 Å². The van der Waals surface area contributed by atoms with Gasteiger partial charge in [0.2, 0.25) is 0 Å². The van der Waals surface area contributed by atoms with Gasteiger partial charge in [0.15, 0.2) is 0 Å². The Hall–Kier alpha value is -5.58. The fourth-order valence-corrected chi connectivity index (χ4v) is 7.70. The molecule has 296 valence electrons. The number of benzene rings is 2. The van der Waals surface area contributed by atoms with E-state index in [2.05, 4.69) is 102 Å². The third-order valence-corrected chi connectivity index (χ3v) is 10.8. The number of rotatable bonds is 12. The lowest BCUT2D eigenvalue weighted by atomic mass is 9.87. The molecule has 1 aliphatic heterocycles. The van der Waals surface area contributed by atoms with Gasteiger partial charge in [-0.25, -0.2) is 9.97 Å². The van der Waals surface area contributed by atoms with Crippen LogP contribution in [0.2, 0.25) is 0 Å². The van der Waals surface area contributed by atoms with Gasteiger partial charge in [-0.1, -0.05) is 81.4 Å². The van der Waals surface area contributed by atoms with Gasteiger partial charge >= 0.3 is 0 Å². The molecule has 7 rings (SSSR count). The number of aromatic amines is 1. The summed E-state index contributed by atoms with van der Waals surface area (Å²) in [6, 6.07) is 26.7. The van der Waals surface area contributed by atoms with Crippen LogP contribution in [0.25, 0.3) is 22.3 Å². The number of H-pyrrole nitrogens is 1. The quantitative estimate of drug-likeness (QED) is 0.0832. The molecule has 2 aromatic carbocycles. The number of unbranched alkanes of at least 4 members (excludes halogenated alkanes) is 1. The molecule has 6 aromatic rings. The lowest BCUT2D eigenvalue weighted by Crippen LogP contribution is -2.38. The second kappa shape index (κ2) is 19.0. The zero-order chi connectivity index (χ0) is 40.4. The summed E-state index contributed by atoms with van der Waals surface area (Å²) >= 11 is 0. The zero-order valence-corrected chi connectivity index (χ0v) is 34.2. The average Bonchev–Trinajstić information content (AvgIpc) is 3.67. The number of nitrogens with zero attached hydrogens (tertiary/aromatic N) is 5. The van der Waals surface area contributed by atoms with Gasteiger partial charge in [0.25, 0.3) is 5.91 Å². The van der Waals surface area contributed by atoms with E-state index in [1.807, 2.05) is 61.9 Å². The van der Waals surface area contributed by atoms with Crippen molar-refractivity contribution >= 4 is 23.2 Å². The maximum atomic E-state index is 13.2. The van der Waals surface area contributed by atoms with Crippen LogP contribution in [0.3, 0.4) is 0 Å². The fourth-order valence-electron chi connectivity index (χ4n) is 7.70. The Morgan fingerprint density at radius 1 is 0.860 bits per heavy atom. The summed E-state index contributed by atoms with van der Waals surface area (Å²) in [5.41, 5.74) is 11.1. The highest BCUT2D eigenvalue weighted by molar-refractivity contribution is 6.00. The van der Waals surface area contributed by atoms with Crippen LogP contribution in [-0.4, -0.2) is 62.2 Å². The molecule has 2 unspecified atom stereocenters. The normalized spacial score (nSPS) is 15.8. The number of pyridine rings is 2. The van der Waals surface area contributed by atoms with Crippen molar-refractivity contribution in [3.8, 4) is 11.3 Å². The van der Waals surface area contributed by atoms with E-state index >= 15 is 0 Å². The number of amides is 1. The van der Waals surface area contributed by atoms with Gasteiger partial charge in [-0.2, -0.15) is 0 Å². The highest BCUT2D eigenvalue weighted by Gasteiger charge is 2.35. The molecule has 1 aliphatic rings. The molecule has 5 heterocycles. The molecule has 0 aliphatic carbocycles. The summed E-state index contributed by atoms with van der Waals surface area (Å²) < 4.78 is 0. The van der Waals surface area contributed by atoms with Crippen LogP contribution in [0.15, 0.2) is 97.6 Å². The number of carbonyl (C=O) groups excluding carboxylic acids is 2. The van der Waals surface area contributed by atoms with E-state index in [4.69, 9.17) is 9.97 Å². The molecule has 2 atom stereocenters. The molecule has 4 aromatic heterocycles. The van der Waals surface area contributed by atoms with Crippen LogP contribution in [0.4, 0.5) is 0 Å². The summed E-state index contributed by atoms with van der Waals surface area (Å²) in [5.74, 6) is -0.134. The number of aryl methyl sites for hydroxylation is 2. The van der Waals surface area contributed by atoms with E-state index in [9.17, 15) is 9.59 Å². The van der Waals surface area contributed by atoms with Crippen molar-refractivity contribution in [3.05, 3.63) is 142 Å². The van der Waals surface area contributed by atoms with Crippen molar-refractivity contribution in [1.29, 1.82) is 0 Å². The number of piperidine rings is 1. The maximum Gasteiger partial charge on any atom is 0.267 e. The van der Waals surface area contributed by atoms with Gasteiger partial charge in [0, 0.05) is 42.0 Å². The Bertz CT molecular complexity index is 2190. The third kappa shape index (κ3) is 10.2. The monoisotopic (exact) mass is 764 g/mol. The average molecular weight is 765 g/mol. The predicted molar refractivity (Wildman–Crippen MR) is 228 cm³/mol. The first-order valence-electron chi connectivity index (χ1n) is 20.1. The van der Waals surface area contributed by atoms with E-state index in [0.717, 1.165) is 73.7 Å². The molecule has 1 amide bonds. The summed E-state index contributed by atoms with van der Waals surface area (Å²) in [7, 11) is 1.93. The Kier molecular flexibility index (Phi) is 13.7. The molecule has 10 nitrogen and oxygen atoms in total. The Morgan fingerprint density at radius 2 is 1.51 bits per heavy atom. The van der Waals surface area contributed by atoms with Crippen molar-refractivity contribution in [1.82, 2.24) is 40.5 Å². The van der Waals surface area contributed by atoms with Crippen LogP contribution in [-0.2, 0) is 12.0 Å². The van der Waals surface area contributed by atoms with E-state index < -0.39 is 0 Å². The topological polar surface area (TPSA) is 129 Å². The third-order valence-electron chi connectivity index (χ3n) is 10.8. The fraction of sp³-hybridized carbons (Fsp3) is 0.362. The first-order valence-corrected chi connectivity index (χ1v) is 20.1. The van der Waals surface area contributed by atoms with Crippen molar-refractivity contribution < 1.29 is 9.59 Å². The number of likely N-dealkylation sites (tertiary alicyclic amines) is 1. The summed E-state index contributed by atoms with van der Waals surface area (Å²) in [4.78, 5) is 47.9. The van der Waals surface area contributed by atoms with Gasteiger partial charge in [0.1, 0.15) is 24.0 Å². The smallest absolute Gasteiger partial charge is 0.267 e. The Labute approximate surface area is 337 Å². The van der Waals surface area contributed by atoms with Gasteiger partial charge < -0.3 is 15.6 Å². The maximum absolute atomic E-state index is 13.2. The number of aldehydes is 1. The van der Waals surface area contributed by atoms with Crippen LogP contribution >= 0.6 is 0 Å². The van der Waals surface area contributed by atoms with Crippen LogP contribution < -0.4 is 10.6 Å². The van der Waals surface area contributed by atoms with E-state index in [-0.39, 0.29) is 23.4 Å². The molecule has 10 heteroatoms. The molecule has 3 N–H and O–H groups in total. The standard InChI is InChI=1S/C36H42N8O.C11H14O/c1-24-9-7-18-38-32(24)30-11-6-12-31(33-25(2)10-8-19-39-33)44(30)20-5-4-17-40-36(45)29-21-28-34(41-23-42-35(28)43-29)27-15-13-26(14-16-27)22-37-3;1-11(2,3)10-6-4-9(8-12)5-7-10/h7-10,13-16,18-19,21,23,30-31,37H,4-6,11-12,17,20,22H2,1-3H3,(H,40,45)(H,41,42,43);4-8H,1-3H3. The minimum absolute atomic E-state index is 0.134. The van der Waals surface area contributed by atoms with E-state index in [1.54, 1.807) is 0 Å². The molecule has 57 heavy (non-hydrogen) atoms. The summed E-state index contributed by atoms with van der Waals surface area (Å²) in [6.07, 6.45) is 11.4. The van der Waals surface area contributed by atoms with Crippen molar-refractivity contribution in [2.24, 2.45) is 0 Å². The largest absolute Gasteiger partial charge is 0.351 e. The molecule has 0 saturated carbocycles. The van der Waals surface area contributed by atoms with Crippen molar-refractivity contribution in [2.75, 3.05) is 20.1 Å². The Morgan fingerprint density at radius 3 is 2.09 bits per heavy atom. The molecule has 0 spiro atoms. The molecular formula is C47H56N8O2. The second-order valence-electron chi connectivity index (χ2n) is 16.0. The highest BCUT2D eigenvalue weighted by Crippen LogP contribution is 2.42. The molecule has 1 saturated heterocycles. The van der Waals surface area contributed by atoms with Crippen molar-refractivity contribution in [2.45, 2.75) is 90.8 Å². The number of hydrogen-bond donors (Lipinski definition) is 3. The van der Waals surface area contributed by atoms with E-state index in [0.29, 0.717) is 17.9 Å². The number of fused-ring (bicyclic) bond motifs is 1. The molecular weight excluding hydrogens is 709 g/mol. The molecule has 1 fully saturated rings. The summed E-state index contributed by atoms with van der Waals surface area (Å²) in [5, 5.41) is 7.12. The zero-order valence-electron chi connectivity index (χ0n) is 34.2. The lowest BCUT2D eigenvalue weighted by Gasteiger charge is -2.42. The number of nitrogens with one attached hydrogen (secondary N) is 3. The second-order valence-corrected chi connectivity index (χ2v) is 16.0. The Balaban J connectivity index is 0.000000393. The number of aromatic nitrogens is 5. The minimum atomic E-state index is -0.134. The van der Waals surface area contributed by atoms with Gasteiger partial charge in [-0.15, -0.1) is 0 Å². The van der Waals surface area contributed by atoms with Crippen LogP contribution in [0.1, 0.15) is 119 Å². The van der Waals surface area contributed by atoms with Crippen molar-refractivity contribution in [3.63, 3.8) is 0 Å². The van der Waals surface area contributed by atoms with Gasteiger partial charge in [-0.3, -0.25) is 24.5 Å². The number of hydrogen-bond acceptors (Lipinski definition) is 8. The van der Waals surface area contributed by atoms with E-state index in [1.165, 1.54) is 40.0 Å². The SMILES string of the molecule is CC(C)(C)c1ccc(C=O)cc1.CNCc1ccc(-c2ncnc3[nH]c(C(=O)NCCCCN4C(c5ncccc5C)CCCC4c4ncccc4C)cc23)cc1. The molecule has 0 bridgehead atoms. The van der Waals surface area contributed by atoms with Crippen LogP contribution in [0, 0.1) is 13.8 Å². The summed E-state index contributed by atoms with van der Waals surface area (Å²) in [6.45, 7) is 13.1. The van der Waals surface area contributed by atoms with Gasteiger partial charge in [0.05, 0.1) is 29.2 Å². The first kappa shape index (κ1) is 41.1. The lowest BCUT2D eigenvalue weighted by molar-refractivity contribution is 0.0740. The minimum Gasteiger partial charge on any atom is -0.351 e. The predicted octanol–water partition coefficient (Wildman–Crippen LogP) is 9.03.